The lowest BCUT2D eigenvalue weighted by Gasteiger charge is -2.43. The molecule has 0 bridgehead atoms. The number of anilines is 3. The van der Waals surface area contributed by atoms with E-state index in [4.69, 9.17) is 4.74 Å². The number of rotatable bonds is 4. The molecule has 1 amide bonds. The van der Waals surface area contributed by atoms with Crippen LogP contribution in [0.3, 0.4) is 0 Å². The van der Waals surface area contributed by atoms with Gasteiger partial charge >= 0.3 is 0 Å². The van der Waals surface area contributed by atoms with Crippen molar-refractivity contribution in [2.45, 2.75) is 38.3 Å². The molecule has 4 aliphatic heterocycles. The summed E-state index contributed by atoms with van der Waals surface area (Å²) >= 11 is 0. The van der Waals surface area contributed by atoms with Crippen LogP contribution in [-0.4, -0.2) is 90.9 Å². The molecule has 4 aliphatic rings. The van der Waals surface area contributed by atoms with Crippen LogP contribution >= 0.6 is 0 Å². The first-order chi connectivity index (χ1) is 18.2. The second kappa shape index (κ2) is 9.53. The quantitative estimate of drug-likeness (QED) is 0.587. The average molecular weight is 539 g/mol. The summed E-state index contributed by atoms with van der Waals surface area (Å²) in [5.74, 6) is 2.91. The summed E-state index contributed by atoms with van der Waals surface area (Å²) in [5, 5.41) is 3.52. The molecule has 38 heavy (non-hydrogen) atoms. The Bertz CT molecular complexity index is 1380. The predicted molar refractivity (Wildman–Crippen MR) is 146 cm³/mol. The van der Waals surface area contributed by atoms with Gasteiger partial charge in [0.2, 0.25) is 5.91 Å². The van der Waals surface area contributed by atoms with E-state index in [0.717, 1.165) is 61.0 Å². The topological polar surface area (TPSA) is 108 Å². The smallest absolute Gasteiger partial charge is 0.246 e. The van der Waals surface area contributed by atoms with Crippen LogP contribution in [-0.2, 0) is 14.6 Å². The molecule has 1 aromatic carbocycles. The van der Waals surface area contributed by atoms with Crippen LogP contribution in [0.1, 0.15) is 42.1 Å². The number of aromatic nitrogens is 2. The van der Waals surface area contributed by atoms with Crippen LogP contribution in [0.5, 0.6) is 5.75 Å². The lowest BCUT2D eigenvalue weighted by molar-refractivity contribution is -0.125. The molecule has 6 rings (SSSR count). The molecule has 2 atom stereocenters. The molecule has 0 saturated carbocycles. The summed E-state index contributed by atoms with van der Waals surface area (Å²) in [6, 6.07) is 4.80. The molecule has 5 heterocycles. The van der Waals surface area contributed by atoms with Crippen molar-refractivity contribution in [3.05, 3.63) is 47.8 Å². The molecule has 2 aromatic rings. The molecular formula is C27H34N6O4S. The standard InChI is InChI=1S/C27H34N6O4S/c1-4-23(34)32-6-5-21(15-32)33-13-20(14-33)19-11-17(2)25-22(12-19)30-26-24(18(3)37-25)27(29-16-28-26)31-7-9-38(35,36)10-8-31/h4,11-12,16,18,20-21H,1,5-10,13-15H2,2-3H3,(H,28,29,30)/t18-,21+/m0/s1. The zero-order chi connectivity index (χ0) is 26.6. The predicted octanol–water partition coefficient (Wildman–Crippen LogP) is 2.40. The zero-order valence-electron chi connectivity index (χ0n) is 21.9. The number of benzene rings is 1. The molecule has 202 valence electrons. The van der Waals surface area contributed by atoms with Crippen molar-refractivity contribution in [2.75, 3.05) is 61.0 Å². The summed E-state index contributed by atoms with van der Waals surface area (Å²) in [7, 11) is -3.00. The van der Waals surface area contributed by atoms with Crippen molar-refractivity contribution in [2.24, 2.45) is 0 Å². The number of aryl methyl sites for hydroxylation is 1. The maximum atomic E-state index is 12.0. The Morgan fingerprint density at radius 1 is 1.16 bits per heavy atom. The largest absolute Gasteiger partial charge is 0.483 e. The monoisotopic (exact) mass is 538 g/mol. The Labute approximate surface area is 223 Å². The van der Waals surface area contributed by atoms with Crippen molar-refractivity contribution in [1.82, 2.24) is 19.8 Å². The second-order valence-corrected chi connectivity index (χ2v) is 13.1. The van der Waals surface area contributed by atoms with Crippen LogP contribution in [0.2, 0.25) is 0 Å². The summed E-state index contributed by atoms with van der Waals surface area (Å²) in [5.41, 5.74) is 4.06. The fourth-order valence-corrected chi connectivity index (χ4v) is 7.28. The van der Waals surface area contributed by atoms with Crippen LogP contribution in [0.15, 0.2) is 31.1 Å². The first-order valence-corrected chi connectivity index (χ1v) is 15.1. The highest BCUT2D eigenvalue weighted by molar-refractivity contribution is 7.91. The number of hydrogen-bond donors (Lipinski definition) is 1. The first-order valence-electron chi connectivity index (χ1n) is 13.3. The van der Waals surface area contributed by atoms with E-state index in [1.807, 2.05) is 16.7 Å². The van der Waals surface area contributed by atoms with Gasteiger partial charge in [0.05, 0.1) is 22.8 Å². The van der Waals surface area contributed by atoms with E-state index >= 15 is 0 Å². The van der Waals surface area contributed by atoms with Crippen LogP contribution in [0.4, 0.5) is 17.3 Å². The van der Waals surface area contributed by atoms with Gasteiger partial charge in [0.1, 0.15) is 29.8 Å². The van der Waals surface area contributed by atoms with Crippen LogP contribution < -0.4 is 15.0 Å². The number of sulfone groups is 1. The maximum absolute atomic E-state index is 12.0. The summed E-state index contributed by atoms with van der Waals surface area (Å²) in [4.78, 5) is 27.4. The second-order valence-electron chi connectivity index (χ2n) is 10.8. The zero-order valence-corrected chi connectivity index (χ0v) is 22.7. The number of nitrogens with zero attached hydrogens (tertiary/aromatic N) is 5. The molecule has 11 heteroatoms. The third-order valence-corrected chi connectivity index (χ3v) is 9.91. The number of hydrogen-bond acceptors (Lipinski definition) is 9. The van der Waals surface area contributed by atoms with E-state index in [2.05, 4.69) is 45.8 Å². The van der Waals surface area contributed by atoms with E-state index in [-0.39, 0.29) is 23.5 Å². The number of nitrogens with one attached hydrogen (secondary N) is 1. The first kappa shape index (κ1) is 25.1. The van der Waals surface area contributed by atoms with Gasteiger partial charge in [-0.25, -0.2) is 18.4 Å². The highest BCUT2D eigenvalue weighted by atomic mass is 32.2. The van der Waals surface area contributed by atoms with Gasteiger partial charge < -0.3 is 19.9 Å². The minimum absolute atomic E-state index is 0.0174. The maximum Gasteiger partial charge on any atom is 0.246 e. The molecule has 1 aromatic heterocycles. The fraction of sp³-hybridized carbons (Fsp3) is 0.519. The van der Waals surface area contributed by atoms with Crippen LogP contribution in [0.25, 0.3) is 0 Å². The molecule has 1 N–H and O–H groups in total. The normalized spacial score (nSPS) is 24.9. The molecular weight excluding hydrogens is 504 g/mol. The molecule has 0 radical (unpaired) electrons. The van der Waals surface area contributed by atoms with Gasteiger partial charge in [0, 0.05) is 51.2 Å². The Morgan fingerprint density at radius 3 is 2.66 bits per heavy atom. The Balaban J connectivity index is 1.21. The van der Waals surface area contributed by atoms with E-state index in [1.165, 1.54) is 18.0 Å². The molecule has 3 saturated heterocycles. The van der Waals surface area contributed by atoms with Gasteiger partial charge in [-0.2, -0.15) is 0 Å². The van der Waals surface area contributed by atoms with Gasteiger partial charge in [-0.3, -0.25) is 9.69 Å². The fourth-order valence-electron chi connectivity index (χ4n) is 6.08. The van der Waals surface area contributed by atoms with Crippen molar-refractivity contribution >= 4 is 33.1 Å². The van der Waals surface area contributed by atoms with Crippen molar-refractivity contribution in [3.63, 3.8) is 0 Å². The number of carbonyl (C=O) groups is 1. The van der Waals surface area contributed by atoms with Gasteiger partial charge in [-0.05, 0) is 43.5 Å². The van der Waals surface area contributed by atoms with Gasteiger partial charge in [0.15, 0.2) is 9.84 Å². The van der Waals surface area contributed by atoms with E-state index in [1.54, 1.807) is 0 Å². The average Bonchev–Trinajstić information content (AvgIpc) is 3.28. The Morgan fingerprint density at radius 2 is 1.92 bits per heavy atom. The van der Waals surface area contributed by atoms with E-state index < -0.39 is 9.84 Å². The van der Waals surface area contributed by atoms with E-state index in [0.29, 0.717) is 30.9 Å². The highest BCUT2D eigenvalue weighted by Gasteiger charge is 2.38. The van der Waals surface area contributed by atoms with Gasteiger partial charge in [-0.1, -0.05) is 12.6 Å². The highest BCUT2D eigenvalue weighted by Crippen LogP contribution is 2.45. The number of carbonyl (C=O) groups excluding carboxylic acids is 1. The third kappa shape index (κ3) is 4.51. The number of likely N-dealkylation sites (tertiary alicyclic amines) is 2. The molecule has 3 fully saturated rings. The summed E-state index contributed by atoms with van der Waals surface area (Å²) in [6.45, 7) is 12.0. The number of amides is 1. The number of fused-ring (bicyclic) bond motifs is 2. The minimum atomic E-state index is -3.00. The lowest BCUT2D eigenvalue weighted by atomic mass is 9.88. The van der Waals surface area contributed by atoms with Crippen molar-refractivity contribution < 1.29 is 17.9 Å². The van der Waals surface area contributed by atoms with Crippen molar-refractivity contribution in [3.8, 4) is 5.75 Å². The lowest BCUT2D eigenvalue weighted by Crippen LogP contribution is -2.51. The number of ether oxygens (including phenoxy) is 1. The third-order valence-electron chi connectivity index (χ3n) is 8.31. The van der Waals surface area contributed by atoms with E-state index in [9.17, 15) is 13.2 Å². The minimum Gasteiger partial charge on any atom is -0.483 e. The van der Waals surface area contributed by atoms with Gasteiger partial charge in [-0.15, -0.1) is 0 Å². The SMILES string of the molecule is C=CC(=O)N1CC[C@@H](N2CC(c3cc(C)c4c(c3)Nc3ncnc(N5CCS(=O)(=O)CC5)c3[C@H](C)O4)C2)C1. The molecule has 0 spiro atoms. The molecule has 10 nitrogen and oxygen atoms in total. The molecule has 0 aliphatic carbocycles. The summed E-state index contributed by atoms with van der Waals surface area (Å²) < 4.78 is 30.4. The van der Waals surface area contributed by atoms with Crippen LogP contribution in [0, 0.1) is 6.92 Å². The summed E-state index contributed by atoms with van der Waals surface area (Å²) in [6.07, 6.45) is 3.63. The van der Waals surface area contributed by atoms with Gasteiger partial charge in [0.25, 0.3) is 0 Å². The Kier molecular flexibility index (Phi) is 6.30. The van der Waals surface area contributed by atoms with Crippen molar-refractivity contribution in [1.29, 1.82) is 0 Å². The molecule has 0 unspecified atom stereocenters. The Hall–Kier alpha value is -3.18.